The van der Waals surface area contributed by atoms with Crippen LogP contribution in [0.25, 0.3) is 0 Å². The highest BCUT2D eigenvalue weighted by atomic mass is 16.5. The predicted molar refractivity (Wildman–Crippen MR) is 53.9 cm³/mol. The Labute approximate surface area is 80.3 Å². The summed E-state index contributed by atoms with van der Waals surface area (Å²) in [6, 6.07) is 0. The molecule has 0 aliphatic carbocycles. The molecule has 2 nitrogen and oxygen atoms in total. The zero-order valence-electron chi connectivity index (χ0n) is 9.22. The van der Waals surface area contributed by atoms with Gasteiger partial charge >= 0.3 is 0 Å². The van der Waals surface area contributed by atoms with E-state index >= 15 is 0 Å². The molecule has 0 aliphatic rings. The molecule has 1 aromatic rings. The van der Waals surface area contributed by atoms with Crippen molar-refractivity contribution in [2.45, 2.75) is 52.4 Å². The highest BCUT2D eigenvalue weighted by Gasteiger charge is 2.25. The first-order valence-electron chi connectivity index (χ1n) is 4.93. The van der Waals surface area contributed by atoms with E-state index in [0.717, 1.165) is 12.1 Å². The first kappa shape index (κ1) is 10.3. The minimum atomic E-state index is 0.180. The molecule has 13 heavy (non-hydrogen) atoms. The van der Waals surface area contributed by atoms with Gasteiger partial charge in [0.1, 0.15) is 6.26 Å². The van der Waals surface area contributed by atoms with Crippen LogP contribution in [-0.4, -0.2) is 5.16 Å². The smallest absolute Gasteiger partial charge is 0.127 e. The monoisotopic (exact) mass is 181 g/mol. The fraction of sp³-hybridized carbons (Fsp3) is 0.727. The van der Waals surface area contributed by atoms with Gasteiger partial charge < -0.3 is 4.52 Å². The van der Waals surface area contributed by atoms with Crippen molar-refractivity contribution in [2.24, 2.45) is 0 Å². The second kappa shape index (κ2) is 3.52. The third-order valence-electron chi connectivity index (χ3n) is 2.76. The summed E-state index contributed by atoms with van der Waals surface area (Å²) >= 11 is 0. The van der Waals surface area contributed by atoms with Gasteiger partial charge in [-0.1, -0.05) is 39.8 Å². The third-order valence-corrected chi connectivity index (χ3v) is 2.76. The molecule has 0 unspecified atom stereocenters. The van der Waals surface area contributed by atoms with E-state index in [4.69, 9.17) is 4.52 Å². The van der Waals surface area contributed by atoms with Crippen molar-refractivity contribution in [3.8, 4) is 0 Å². The molecular weight excluding hydrogens is 162 g/mol. The van der Waals surface area contributed by atoms with E-state index in [2.05, 4.69) is 39.8 Å². The molecule has 0 spiro atoms. The minimum Gasteiger partial charge on any atom is -0.364 e. The number of nitrogens with zero attached hydrogens (tertiary/aromatic N) is 1. The molecule has 0 amide bonds. The topological polar surface area (TPSA) is 26.0 Å². The predicted octanol–water partition coefficient (Wildman–Crippen LogP) is 3.49. The van der Waals surface area contributed by atoms with Gasteiger partial charge in [0, 0.05) is 5.56 Å². The van der Waals surface area contributed by atoms with Crippen LogP contribution in [0.1, 0.15) is 58.2 Å². The fourth-order valence-electron chi connectivity index (χ4n) is 1.36. The lowest BCUT2D eigenvalue weighted by Crippen LogP contribution is -2.17. The molecule has 0 N–H and O–H groups in total. The van der Waals surface area contributed by atoms with Gasteiger partial charge in [-0.15, -0.1) is 0 Å². The lowest BCUT2D eigenvalue weighted by molar-refractivity contribution is 0.406. The maximum absolute atomic E-state index is 5.05. The summed E-state index contributed by atoms with van der Waals surface area (Å²) in [6.07, 6.45) is 2.90. The standard InChI is InChI=1S/C11H19NO/c1-6-11(4,5)9-7-13-12-10(9)8(2)3/h7-8H,6H2,1-5H3. The summed E-state index contributed by atoms with van der Waals surface area (Å²) in [5.74, 6) is 0.444. The summed E-state index contributed by atoms with van der Waals surface area (Å²) in [4.78, 5) is 0. The van der Waals surface area contributed by atoms with E-state index in [1.165, 1.54) is 5.56 Å². The van der Waals surface area contributed by atoms with Crippen molar-refractivity contribution in [3.63, 3.8) is 0 Å². The van der Waals surface area contributed by atoms with Crippen molar-refractivity contribution in [3.05, 3.63) is 17.5 Å². The van der Waals surface area contributed by atoms with Crippen LogP contribution in [0, 0.1) is 0 Å². The molecule has 0 atom stereocenters. The summed E-state index contributed by atoms with van der Waals surface area (Å²) < 4.78 is 5.05. The van der Waals surface area contributed by atoms with Gasteiger partial charge in [0.15, 0.2) is 0 Å². The van der Waals surface area contributed by atoms with Crippen LogP contribution < -0.4 is 0 Å². The zero-order chi connectivity index (χ0) is 10.1. The second-order valence-corrected chi connectivity index (χ2v) is 4.51. The average Bonchev–Trinajstić information content (AvgIpc) is 2.52. The fourth-order valence-corrected chi connectivity index (χ4v) is 1.36. The summed E-state index contributed by atoms with van der Waals surface area (Å²) in [6.45, 7) is 10.9. The highest BCUT2D eigenvalue weighted by Crippen LogP contribution is 2.32. The maximum atomic E-state index is 5.05. The lowest BCUT2D eigenvalue weighted by atomic mass is 9.81. The molecule has 0 aromatic carbocycles. The van der Waals surface area contributed by atoms with Gasteiger partial charge in [-0.05, 0) is 17.8 Å². The van der Waals surface area contributed by atoms with E-state index in [1.807, 2.05) is 0 Å². The number of aromatic nitrogens is 1. The Morgan fingerprint density at radius 2 is 2.08 bits per heavy atom. The largest absolute Gasteiger partial charge is 0.364 e. The average molecular weight is 181 g/mol. The first-order chi connectivity index (χ1) is 5.99. The molecule has 0 aliphatic heterocycles. The molecule has 0 saturated carbocycles. The Morgan fingerprint density at radius 1 is 1.46 bits per heavy atom. The number of hydrogen-bond donors (Lipinski definition) is 0. The van der Waals surface area contributed by atoms with Gasteiger partial charge in [-0.3, -0.25) is 0 Å². The van der Waals surface area contributed by atoms with E-state index in [9.17, 15) is 0 Å². The van der Waals surface area contributed by atoms with Gasteiger partial charge in [0.05, 0.1) is 5.69 Å². The van der Waals surface area contributed by atoms with Crippen molar-refractivity contribution < 1.29 is 4.52 Å². The molecule has 74 valence electrons. The summed E-state index contributed by atoms with van der Waals surface area (Å²) in [5.41, 5.74) is 2.54. The molecule has 0 bridgehead atoms. The zero-order valence-corrected chi connectivity index (χ0v) is 9.22. The first-order valence-corrected chi connectivity index (χ1v) is 4.93. The van der Waals surface area contributed by atoms with Crippen molar-refractivity contribution in [2.75, 3.05) is 0 Å². The molecule has 1 heterocycles. The van der Waals surface area contributed by atoms with E-state index < -0.39 is 0 Å². The van der Waals surface area contributed by atoms with E-state index in [-0.39, 0.29) is 5.41 Å². The van der Waals surface area contributed by atoms with Crippen LogP contribution in [0.4, 0.5) is 0 Å². The number of rotatable bonds is 3. The van der Waals surface area contributed by atoms with Crippen molar-refractivity contribution in [1.29, 1.82) is 0 Å². The van der Waals surface area contributed by atoms with Crippen LogP contribution in [0.3, 0.4) is 0 Å². The van der Waals surface area contributed by atoms with Crippen LogP contribution in [0.5, 0.6) is 0 Å². The van der Waals surface area contributed by atoms with Gasteiger partial charge in [-0.2, -0.15) is 0 Å². The lowest BCUT2D eigenvalue weighted by Gasteiger charge is -2.22. The van der Waals surface area contributed by atoms with Gasteiger partial charge in [0.2, 0.25) is 0 Å². The third kappa shape index (κ3) is 1.93. The summed E-state index contributed by atoms with van der Waals surface area (Å²) in [5, 5.41) is 4.05. The highest BCUT2D eigenvalue weighted by molar-refractivity contribution is 5.26. The van der Waals surface area contributed by atoms with Crippen LogP contribution >= 0.6 is 0 Å². The van der Waals surface area contributed by atoms with Crippen LogP contribution in [0.15, 0.2) is 10.8 Å². The minimum absolute atomic E-state index is 0.180. The van der Waals surface area contributed by atoms with Crippen LogP contribution in [0.2, 0.25) is 0 Å². The molecule has 1 rings (SSSR count). The van der Waals surface area contributed by atoms with E-state index in [1.54, 1.807) is 6.26 Å². The van der Waals surface area contributed by atoms with Gasteiger partial charge in [0.25, 0.3) is 0 Å². The SMILES string of the molecule is CCC(C)(C)c1conc1C(C)C. The molecule has 1 aromatic heterocycles. The van der Waals surface area contributed by atoms with Crippen molar-refractivity contribution >= 4 is 0 Å². The van der Waals surface area contributed by atoms with Crippen LogP contribution in [-0.2, 0) is 5.41 Å². The normalized spacial score (nSPS) is 12.5. The maximum Gasteiger partial charge on any atom is 0.127 e. The quantitative estimate of drug-likeness (QED) is 0.713. The Balaban J connectivity index is 3.07. The molecular formula is C11H19NO. The molecule has 0 radical (unpaired) electrons. The second-order valence-electron chi connectivity index (χ2n) is 4.51. The van der Waals surface area contributed by atoms with E-state index in [0.29, 0.717) is 5.92 Å². The Bertz CT molecular complexity index is 273. The van der Waals surface area contributed by atoms with Crippen molar-refractivity contribution in [1.82, 2.24) is 5.16 Å². The molecule has 0 saturated heterocycles. The molecule has 0 fully saturated rings. The molecule has 2 heteroatoms. The number of hydrogen-bond acceptors (Lipinski definition) is 2. The Morgan fingerprint density at radius 3 is 2.54 bits per heavy atom. The Kier molecular flexibility index (Phi) is 2.79. The summed E-state index contributed by atoms with van der Waals surface area (Å²) in [7, 11) is 0. The Hall–Kier alpha value is -0.790. The van der Waals surface area contributed by atoms with Gasteiger partial charge in [-0.25, -0.2) is 0 Å².